The van der Waals surface area contributed by atoms with Gasteiger partial charge in [0.2, 0.25) is 0 Å². The number of hydrogen-bond acceptors (Lipinski definition) is 6. The predicted molar refractivity (Wildman–Crippen MR) is 85.9 cm³/mol. The van der Waals surface area contributed by atoms with Crippen LogP contribution in [0.3, 0.4) is 0 Å². The second kappa shape index (κ2) is 5.70. The predicted octanol–water partition coefficient (Wildman–Crippen LogP) is 3.80. The van der Waals surface area contributed by atoms with Crippen LogP contribution in [0.4, 0.5) is 0 Å². The van der Waals surface area contributed by atoms with Gasteiger partial charge in [0.15, 0.2) is 5.01 Å². The van der Waals surface area contributed by atoms with Crippen LogP contribution in [0.15, 0.2) is 21.3 Å². The molecule has 0 saturated heterocycles. The molecule has 3 rings (SSSR count). The lowest BCUT2D eigenvalue weighted by molar-refractivity contribution is 0.304. The quantitative estimate of drug-likeness (QED) is 0.680. The molecule has 7 heteroatoms. The van der Waals surface area contributed by atoms with E-state index in [2.05, 4.69) is 10.2 Å². The van der Waals surface area contributed by atoms with Gasteiger partial charge in [-0.25, -0.2) is 4.79 Å². The van der Waals surface area contributed by atoms with Gasteiger partial charge in [-0.2, -0.15) is 0 Å². The first-order chi connectivity index (χ1) is 10.5. The lowest BCUT2D eigenvalue weighted by atomic mass is 10.1. The minimum atomic E-state index is -0.349. The standard InChI is InChI=1S/C15H13ClN2O3S/c1-7-8(2)15(19)21-12-5-13(11(16)4-10(7)12)20-6-14-18-17-9(3)22-14/h4-5H,6H2,1-3H3. The summed E-state index contributed by atoms with van der Waals surface area (Å²) in [5, 5.41) is 10.8. The van der Waals surface area contributed by atoms with Gasteiger partial charge in [0.25, 0.3) is 0 Å². The van der Waals surface area contributed by atoms with Gasteiger partial charge >= 0.3 is 5.63 Å². The van der Waals surface area contributed by atoms with Crippen LogP contribution in [0.25, 0.3) is 11.0 Å². The Kier molecular flexibility index (Phi) is 3.88. The Hall–Kier alpha value is -1.92. The normalized spacial score (nSPS) is 11.1. The number of aromatic nitrogens is 2. The van der Waals surface area contributed by atoms with E-state index in [9.17, 15) is 4.79 Å². The van der Waals surface area contributed by atoms with Gasteiger partial charge in [0.05, 0.1) is 5.02 Å². The van der Waals surface area contributed by atoms with Crippen molar-refractivity contribution in [3.8, 4) is 5.75 Å². The highest BCUT2D eigenvalue weighted by molar-refractivity contribution is 7.11. The average molecular weight is 337 g/mol. The Balaban J connectivity index is 1.98. The molecular weight excluding hydrogens is 324 g/mol. The Morgan fingerprint density at radius 1 is 1.23 bits per heavy atom. The molecule has 0 aliphatic rings. The summed E-state index contributed by atoms with van der Waals surface area (Å²) in [6.45, 7) is 5.75. The first-order valence-corrected chi connectivity index (χ1v) is 7.80. The summed E-state index contributed by atoms with van der Waals surface area (Å²) in [7, 11) is 0. The molecule has 0 unspecified atom stereocenters. The van der Waals surface area contributed by atoms with Crippen molar-refractivity contribution in [3.05, 3.63) is 48.7 Å². The maximum Gasteiger partial charge on any atom is 0.339 e. The lowest BCUT2D eigenvalue weighted by Gasteiger charge is -2.09. The summed E-state index contributed by atoms with van der Waals surface area (Å²) in [6, 6.07) is 3.39. The van der Waals surface area contributed by atoms with Gasteiger partial charge < -0.3 is 9.15 Å². The van der Waals surface area contributed by atoms with Crippen molar-refractivity contribution in [1.29, 1.82) is 0 Å². The summed E-state index contributed by atoms with van der Waals surface area (Å²) in [4.78, 5) is 11.8. The van der Waals surface area contributed by atoms with Gasteiger partial charge in [-0.3, -0.25) is 0 Å². The molecule has 0 radical (unpaired) electrons. The Morgan fingerprint density at radius 3 is 2.68 bits per heavy atom. The van der Waals surface area contributed by atoms with Crippen molar-refractivity contribution in [2.75, 3.05) is 0 Å². The fourth-order valence-electron chi connectivity index (χ4n) is 2.09. The summed E-state index contributed by atoms with van der Waals surface area (Å²) in [5.74, 6) is 0.452. The Morgan fingerprint density at radius 2 is 2.00 bits per heavy atom. The molecule has 22 heavy (non-hydrogen) atoms. The number of aryl methyl sites for hydroxylation is 2. The molecule has 0 spiro atoms. The summed E-state index contributed by atoms with van der Waals surface area (Å²) in [5.41, 5.74) is 1.56. The molecule has 0 bridgehead atoms. The molecule has 0 aliphatic heterocycles. The van der Waals surface area contributed by atoms with Crippen LogP contribution in [0.2, 0.25) is 5.02 Å². The summed E-state index contributed by atoms with van der Waals surface area (Å²) < 4.78 is 11.0. The van der Waals surface area contributed by atoms with Crippen LogP contribution in [-0.2, 0) is 6.61 Å². The average Bonchev–Trinajstić information content (AvgIpc) is 2.90. The zero-order valence-electron chi connectivity index (χ0n) is 12.3. The maximum atomic E-state index is 11.8. The van der Waals surface area contributed by atoms with Gasteiger partial charge in [-0.05, 0) is 32.4 Å². The third-order valence-corrected chi connectivity index (χ3v) is 4.54. The second-order valence-electron chi connectivity index (χ2n) is 4.92. The molecule has 0 amide bonds. The van der Waals surface area contributed by atoms with Crippen molar-refractivity contribution in [3.63, 3.8) is 0 Å². The molecule has 2 aromatic heterocycles. The van der Waals surface area contributed by atoms with Crippen molar-refractivity contribution >= 4 is 33.9 Å². The van der Waals surface area contributed by atoms with E-state index in [-0.39, 0.29) is 12.2 Å². The molecule has 0 fully saturated rings. The fourth-order valence-corrected chi connectivity index (χ4v) is 2.93. The SMILES string of the molecule is Cc1nnc(COc2cc3oc(=O)c(C)c(C)c3cc2Cl)s1. The molecule has 0 atom stereocenters. The van der Waals surface area contributed by atoms with Crippen LogP contribution in [0.1, 0.15) is 21.1 Å². The molecular formula is C15H13ClN2O3S. The van der Waals surface area contributed by atoms with Crippen LogP contribution in [0.5, 0.6) is 5.75 Å². The third-order valence-electron chi connectivity index (χ3n) is 3.43. The van der Waals surface area contributed by atoms with Gasteiger partial charge in [-0.1, -0.05) is 22.9 Å². The van der Waals surface area contributed by atoms with E-state index < -0.39 is 0 Å². The number of ether oxygens (including phenoxy) is 1. The topological polar surface area (TPSA) is 65.2 Å². The minimum Gasteiger partial charge on any atom is -0.485 e. The van der Waals surface area contributed by atoms with Gasteiger partial charge in [0.1, 0.15) is 22.9 Å². The minimum absolute atomic E-state index is 0.270. The van der Waals surface area contributed by atoms with E-state index in [1.807, 2.05) is 13.8 Å². The van der Waals surface area contributed by atoms with Gasteiger partial charge in [0, 0.05) is 17.0 Å². The van der Waals surface area contributed by atoms with E-state index >= 15 is 0 Å². The van der Waals surface area contributed by atoms with E-state index in [4.69, 9.17) is 20.8 Å². The zero-order valence-corrected chi connectivity index (χ0v) is 13.8. The van der Waals surface area contributed by atoms with Crippen LogP contribution < -0.4 is 10.4 Å². The summed E-state index contributed by atoms with van der Waals surface area (Å²) in [6.07, 6.45) is 0. The van der Waals surface area contributed by atoms with Crippen molar-refractivity contribution < 1.29 is 9.15 Å². The molecule has 0 saturated carbocycles. The first-order valence-electron chi connectivity index (χ1n) is 6.61. The van der Waals surface area contributed by atoms with Crippen LogP contribution in [0, 0.1) is 20.8 Å². The van der Waals surface area contributed by atoms with E-state index in [0.717, 1.165) is 21.0 Å². The van der Waals surface area contributed by atoms with Crippen LogP contribution >= 0.6 is 22.9 Å². The lowest BCUT2D eigenvalue weighted by Crippen LogP contribution is -2.06. The molecule has 3 aromatic rings. The number of halogens is 1. The highest BCUT2D eigenvalue weighted by atomic mass is 35.5. The van der Waals surface area contributed by atoms with Gasteiger partial charge in [-0.15, -0.1) is 10.2 Å². The maximum absolute atomic E-state index is 11.8. The zero-order chi connectivity index (χ0) is 15.9. The number of hydrogen-bond donors (Lipinski definition) is 0. The van der Waals surface area contributed by atoms with E-state index in [1.54, 1.807) is 19.1 Å². The highest BCUT2D eigenvalue weighted by Gasteiger charge is 2.12. The molecule has 114 valence electrons. The largest absolute Gasteiger partial charge is 0.485 e. The molecule has 1 aromatic carbocycles. The summed E-state index contributed by atoms with van der Waals surface area (Å²) >= 11 is 7.72. The Bertz CT molecular complexity index is 917. The Labute approximate surface area is 135 Å². The molecule has 2 heterocycles. The fraction of sp³-hybridized carbons (Fsp3) is 0.267. The number of benzene rings is 1. The van der Waals surface area contributed by atoms with Crippen molar-refractivity contribution in [2.45, 2.75) is 27.4 Å². The second-order valence-corrected chi connectivity index (χ2v) is 6.60. The number of nitrogens with zero attached hydrogens (tertiary/aromatic N) is 2. The van der Waals surface area contributed by atoms with Crippen molar-refractivity contribution in [1.82, 2.24) is 10.2 Å². The van der Waals surface area contributed by atoms with E-state index in [0.29, 0.717) is 21.9 Å². The van der Waals surface area contributed by atoms with Crippen molar-refractivity contribution in [2.24, 2.45) is 0 Å². The first kappa shape index (κ1) is 15.0. The molecule has 0 N–H and O–H groups in total. The molecule has 5 nitrogen and oxygen atoms in total. The third kappa shape index (κ3) is 2.71. The molecule has 0 aliphatic carbocycles. The van der Waals surface area contributed by atoms with E-state index in [1.165, 1.54) is 11.3 Å². The number of rotatable bonds is 3. The monoisotopic (exact) mass is 336 g/mol. The van der Waals surface area contributed by atoms with Crippen LogP contribution in [-0.4, -0.2) is 10.2 Å². The smallest absolute Gasteiger partial charge is 0.339 e. The number of fused-ring (bicyclic) bond motifs is 1. The highest BCUT2D eigenvalue weighted by Crippen LogP contribution is 2.32.